The summed E-state index contributed by atoms with van der Waals surface area (Å²) in [6, 6.07) is 11.4. The maximum Gasteiger partial charge on any atom is 0.341 e. The molecule has 0 bridgehead atoms. The molecule has 2 N–H and O–H groups in total. The molecule has 2 rings (SSSR count). The van der Waals surface area contributed by atoms with Crippen LogP contribution in [0.1, 0.15) is 21.5 Å². The van der Waals surface area contributed by atoms with Gasteiger partial charge in [-0.1, -0.05) is 29.8 Å². The summed E-state index contributed by atoms with van der Waals surface area (Å²) in [6.45, 7) is 2.07. The number of carbonyl (C=O) groups excluding carboxylic acids is 1. The van der Waals surface area contributed by atoms with Crippen molar-refractivity contribution in [3.05, 3.63) is 65.0 Å². The van der Waals surface area contributed by atoms with E-state index >= 15 is 0 Å². The zero-order valence-corrected chi connectivity index (χ0v) is 10.5. The summed E-state index contributed by atoms with van der Waals surface area (Å²) >= 11 is 0. The van der Waals surface area contributed by atoms with E-state index in [0.29, 0.717) is 5.69 Å². The van der Waals surface area contributed by atoms with E-state index in [-0.39, 0.29) is 12.2 Å². The van der Waals surface area contributed by atoms with Gasteiger partial charge in [-0.15, -0.1) is 0 Å². The number of nitrogen functional groups attached to an aromatic ring is 1. The lowest BCUT2D eigenvalue weighted by molar-refractivity contribution is 0.0467. The first-order chi connectivity index (χ1) is 9.06. The summed E-state index contributed by atoms with van der Waals surface area (Å²) in [6.07, 6.45) is 0. The highest BCUT2D eigenvalue weighted by molar-refractivity contribution is 5.90. The van der Waals surface area contributed by atoms with E-state index < -0.39 is 11.8 Å². The van der Waals surface area contributed by atoms with Crippen molar-refractivity contribution in [1.82, 2.24) is 0 Å². The lowest BCUT2D eigenvalue weighted by Gasteiger charge is -2.06. The number of carbonyl (C=O) groups is 1. The molecule has 2 aromatic carbocycles. The molecule has 98 valence electrons. The fraction of sp³-hybridized carbons (Fsp3) is 0.133. The molecule has 19 heavy (non-hydrogen) atoms. The minimum absolute atomic E-state index is 0.105. The van der Waals surface area contributed by atoms with E-state index in [1.54, 1.807) is 0 Å². The number of ether oxygens (including phenoxy) is 1. The Hall–Kier alpha value is -2.36. The van der Waals surface area contributed by atoms with Crippen LogP contribution in [0.25, 0.3) is 0 Å². The van der Waals surface area contributed by atoms with Gasteiger partial charge in [0.05, 0.1) is 5.56 Å². The molecule has 0 unspecified atom stereocenters. The Bertz CT molecular complexity index is 594. The van der Waals surface area contributed by atoms with E-state index in [2.05, 4.69) is 0 Å². The predicted octanol–water partition coefficient (Wildman–Crippen LogP) is 3.07. The largest absolute Gasteiger partial charge is 0.457 e. The predicted molar refractivity (Wildman–Crippen MR) is 71.1 cm³/mol. The van der Waals surface area contributed by atoms with E-state index in [0.717, 1.165) is 17.2 Å². The normalized spacial score (nSPS) is 10.2. The smallest absolute Gasteiger partial charge is 0.341 e. The summed E-state index contributed by atoms with van der Waals surface area (Å²) in [5, 5.41) is 0. The molecule has 0 spiro atoms. The maximum absolute atomic E-state index is 13.4. The Labute approximate surface area is 110 Å². The van der Waals surface area contributed by atoms with Gasteiger partial charge in [-0.3, -0.25) is 0 Å². The first kappa shape index (κ1) is 13.1. The first-order valence-electron chi connectivity index (χ1n) is 5.84. The van der Waals surface area contributed by atoms with E-state index in [9.17, 15) is 9.18 Å². The second-order valence-corrected chi connectivity index (χ2v) is 4.30. The van der Waals surface area contributed by atoms with Crippen molar-refractivity contribution < 1.29 is 13.9 Å². The third-order valence-electron chi connectivity index (χ3n) is 2.70. The van der Waals surface area contributed by atoms with Gasteiger partial charge in [-0.2, -0.15) is 0 Å². The van der Waals surface area contributed by atoms with Crippen LogP contribution in [0.4, 0.5) is 10.1 Å². The van der Waals surface area contributed by atoms with E-state index in [1.165, 1.54) is 12.1 Å². The number of hydrogen-bond acceptors (Lipinski definition) is 3. The highest BCUT2D eigenvalue weighted by Gasteiger charge is 2.13. The average molecular weight is 259 g/mol. The van der Waals surface area contributed by atoms with Gasteiger partial charge in [0.2, 0.25) is 0 Å². The summed E-state index contributed by atoms with van der Waals surface area (Å²) < 4.78 is 18.5. The van der Waals surface area contributed by atoms with Crippen molar-refractivity contribution in [3.63, 3.8) is 0 Å². The van der Waals surface area contributed by atoms with Gasteiger partial charge in [0, 0.05) is 5.69 Å². The maximum atomic E-state index is 13.4. The summed E-state index contributed by atoms with van der Waals surface area (Å²) in [7, 11) is 0. The van der Waals surface area contributed by atoms with Crippen LogP contribution in [0.5, 0.6) is 0 Å². The number of benzene rings is 2. The minimum atomic E-state index is -0.717. The molecule has 0 heterocycles. The fourth-order valence-corrected chi connectivity index (χ4v) is 1.61. The zero-order valence-electron chi connectivity index (χ0n) is 10.5. The molecule has 0 aromatic heterocycles. The minimum Gasteiger partial charge on any atom is -0.457 e. The SMILES string of the molecule is Cc1ccc(COC(=O)c2cc(N)ccc2F)cc1. The molecule has 0 aliphatic carbocycles. The number of anilines is 1. The summed E-state index contributed by atoms with van der Waals surface area (Å²) in [5.41, 5.74) is 7.66. The Morgan fingerprint density at radius 1 is 1.21 bits per heavy atom. The Morgan fingerprint density at radius 3 is 2.58 bits per heavy atom. The molecule has 4 heteroatoms. The first-order valence-corrected chi connectivity index (χ1v) is 5.84. The monoisotopic (exact) mass is 259 g/mol. The molecule has 0 aliphatic rings. The molecule has 0 aliphatic heterocycles. The molecule has 0 saturated carbocycles. The number of aryl methyl sites for hydroxylation is 1. The van der Waals surface area contributed by atoms with Crippen LogP contribution in [0.3, 0.4) is 0 Å². The third kappa shape index (κ3) is 3.31. The lowest BCUT2D eigenvalue weighted by Crippen LogP contribution is -2.08. The number of esters is 1. The molecule has 0 amide bonds. The van der Waals surface area contributed by atoms with Gasteiger partial charge in [0.15, 0.2) is 0 Å². The van der Waals surface area contributed by atoms with Crippen molar-refractivity contribution in [1.29, 1.82) is 0 Å². The fourth-order valence-electron chi connectivity index (χ4n) is 1.61. The van der Waals surface area contributed by atoms with Crippen molar-refractivity contribution in [3.8, 4) is 0 Å². The van der Waals surface area contributed by atoms with Gasteiger partial charge in [-0.05, 0) is 30.7 Å². The Kier molecular flexibility index (Phi) is 3.80. The molecule has 0 atom stereocenters. The summed E-state index contributed by atoms with van der Waals surface area (Å²) in [4.78, 5) is 11.7. The molecule has 0 radical (unpaired) electrons. The van der Waals surface area contributed by atoms with Crippen LogP contribution in [0.2, 0.25) is 0 Å². The van der Waals surface area contributed by atoms with Gasteiger partial charge in [0.1, 0.15) is 12.4 Å². The van der Waals surface area contributed by atoms with E-state index in [1.807, 2.05) is 31.2 Å². The molecular formula is C15H14FNO2. The lowest BCUT2D eigenvalue weighted by atomic mass is 10.1. The van der Waals surface area contributed by atoms with Crippen molar-refractivity contribution >= 4 is 11.7 Å². The third-order valence-corrected chi connectivity index (χ3v) is 2.70. The highest BCUT2D eigenvalue weighted by atomic mass is 19.1. The number of hydrogen-bond donors (Lipinski definition) is 1. The summed E-state index contributed by atoms with van der Waals surface area (Å²) in [5.74, 6) is -1.35. The standard InChI is InChI=1S/C15H14FNO2/c1-10-2-4-11(5-3-10)9-19-15(18)13-8-12(17)6-7-14(13)16/h2-8H,9,17H2,1H3. The zero-order chi connectivity index (χ0) is 13.8. The molecule has 0 saturated heterocycles. The van der Waals surface area contributed by atoms with Crippen LogP contribution < -0.4 is 5.73 Å². The number of halogens is 1. The van der Waals surface area contributed by atoms with Crippen LogP contribution in [-0.4, -0.2) is 5.97 Å². The molecular weight excluding hydrogens is 245 g/mol. The van der Waals surface area contributed by atoms with Crippen LogP contribution >= 0.6 is 0 Å². The Morgan fingerprint density at radius 2 is 1.89 bits per heavy atom. The van der Waals surface area contributed by atoms with E-state index in [4.69, 9.17) is 10.5 Å². The topological polar surface area (TPSA) is 52.3 Å². The van der Waals surface area contributed by atoms with Gasteiger partial charge in [-0.25, -0.2) is 9.18 Å². The Balaban J connectivity index is 2.05. The second-order valence-electron chi connectivity index (χ2n) is 4.30. The average Bonchev–Trinajstić information content (AvgIpc) is 2.40. The molecule has 0 fully saturated rings. The van der Waals surface area contributed by atoms with Crippen LogP contribution in [0.15, 0.2) is 42.5 Å². The number of nitrogens with two attached hydrogens (primary N) is 1. The number of rotatable bonds is 3. The highest BCUT2D eigenvalue weighted by Crippen LogP contribution is 2.14. The molecule has 3 nitrogen and oxygen atoms in total. The van der Waals surface area contributed by atoms with Gasteiger partial charge < -0.3 is 10.5 Å². The van der Waals surface area contributed by atoms with Gasteiger partial charge >= 0.3 is 5.97 Å². The molecule has 2 aromatic rings. The van der Waals surface area contributed by atoms with Crippen molar-refractivity contribution in [2.45, 2.75) is 13.5 Å². The van der Waals surface area contributed by atoms with Crippen LogP contribution in [0, 0.1) is 12.7 Å². The van der Waals surface area contributed by atoms with Crippen molar-refractivity contribution in [2.24, 2.45) is 0 Å². The quantitative estimate of drug-likeness (QED) is 0.680. The van der Waals surface area contributed by atoms with Gasteiger partial charge in [0.25, 0.3) is 0 Å². The van der Waals surface area contributed by atoms with Crippen LogP contribution in [-0.2, 0) is 11.3 Å². The van der Waals surface area contributed by atoms with Crippen molar-refractivity contribution in [2.75, 3.05) is 5.73 Å². The second kappa shape index (κ2) is 5.52.